The van der Waals surface area contributed by atoms with Crippen molar-refractivity contribution in [2.24, 2.45) is 11.7 Å². The van der Waals surface area contributed by atoms with Gasteiger partial charge in [0, 0.05) is 25.6 Å². The van der Waals surface area contributed by atoms with E-state index in [2.05, 4.69) is 19.2 Å². The van der Waals surface area contributed by atoms with Crippen molar-refractivity contribution in [3.8, 4) is 0 Å². The minimum atomic E-state index is -0.273. The van der Waals surface area contributed by atoms with Crippen molar-refractivity contribution in [2.45, 2.75) is 71.4 Å². The standard InChI is InChI=1S/C16H31N3O2/c1-12(2)6-4-8-15(20)19-11-5-7-14(19)16(21)18-10-9-13(3)17/h12-14H,4-11,17H2,1-3H3,(H,18,21). The molecule has 2 amide bonds. The van der Waals surface area contributed by atoms with E-state index in [9.17, 15) is 9.59 Å². The summed E-state index contributed by atoms with van der Waals surface area (Å²) >= 11 is 0. The molecular weight excluding hydrogens is 266 g/mol. The van der Waals surface area contributed by atoms with E-state index >= 15 is 0 Å². The van der Waals surface area contributed by atoms with Crippen molar-refractivity contribution in [1.29, 1.82) is 0 Å². The number of nitrogens with two attached hydrogens (primary N) is 1. The number of rotatable bonds is 8. The second-order valence-corrected chi connectivity index (χ2v) is 6.59. The minimum Gasteiger partial charge on any atom is -0.354 e. The van der Waals surface area contributed by atoms with E-state index in [0.717, 1.165) is 32.1 Å². The lowest BCUT2D eigenvalue weighted by molar-refractivity contribution is -0.138. The molecule has 5 nitrogen and oxygen atoms in total. The number of carbonyl (C=O) groups is 2. The third-order valence-corrected chi connectivity index (χ3v) is 3.95. The van der Waals surface area contributed by atoms with Crippen LogP contribution in [-0.4, -0.2) is 41.9 Å². The Kier molecular flexibility index (Phi) is 7.72. The monoisotopic (exact) mass is 297 g/mol. The summed E-state index contributed by atoms with van der Waals surface area (Å²) in [7, 11) is 0. The highest BCUT2D eigenvalue weighted by Crippen LogP contribution is 2.19. The topological polar surface area (TPSA) is 75.4 Å². The van der Waals surface area contributed by atoms with Crippen LogP contribution in [0.25, 0.3) is 0 Å². The van der Waals surface area contributed by atoms with Gasteiger partial charge in [-0.3, -0.25) is 9.59 Å². The van der Waals surface area contributed by atoms with Gasteiger partial charge in [0.05, 0.1) is 0 Å². The van der Waals surface area contributed by atoms with Gasteiger partial charge in [-0.25, -0.2) is 0 Å². The predicted molar refractivity (Wildman–Crippen MR) is 84.7 cm³/mol. The maximum absolute atomic E-state index is 12.2. The van der Waals surface area contributed by atoms with Crippen LogP contribution in [0.4, 0.5) is 0 Å². The average molecular weight is 297 g/mol. The average Bonchev–Trinajstić information content (AvgIpc) is 2.86. The highest BCUT2D eigenvalue weighted by molar-refractivity contribution is 5.88. The lowest BCUT2D eigenvalue weighted by atomic mass is 10.1. The molecule has 5 heteroatoms. The SMILES string of the molecule is CC(C)CCCC(=O)N1CCCC1C(=O)NCCC(C)N. The Labute approximate surface area is 128 Å². The third kappa shape index (κ3) is 6.46. The Bertz CT molecular complexity index is 310. The fourth-order valence-electron chi connectivity index (χ4n) is 2.68. The summed E-state index contributed by atoms with van der Waals surface area (Å²) in [6.07, 6.45) is 4.99. The van der Waals surface area contributed by atoms with Gasteiger partial charge in [-0.15, -0.1) is 0 Å². The Morgan fingerprint density at radius 2 is 2.00 bits per heavy atom. The first-order chi connectivity index (χ1) is 9.91. The summed E-state index contributed by atoms with van der Waals surface area (Å²) in [5.41, 5.74) is 5.67. The van der Waals surface area contributed by atoms with Crippen LogP contribution in [0.2, 0.25) is 0 Å². The quantitative estimate of drug-likeness (QED) is 0.715. The third-order valence-electron chi connectivity index (χ3n) is 3.95. The predicted octanol–water partition coefficient (Wildman–Crippen LogP) is 1.66. The summed E-state index contributed by atoms with van der Waals surface area (Å²) < 4.78 is 0. The maximum Gasteiger partial charge on any atom is 0.242 e. The zero-order chi connectivity index (χ0) is 15.8. The van der Waals surface area contributed by atoms with Gasteiger partial charge in [-0.05, 0) is 38.5 Å². The van der Waals surface area contributed by atoms with E-state index < -0.39 is 0 Å². The van der Waals surface area contributed by atoms with Crippen LogP contribution in [0.5, 0.6) is 0 Å². The summed E-state index contributed by atoms with van der Waals surface area (Å²) in [4.78, 5) is 26.2. The van der Waals surface area contributed by atoms with Crippen LogP contribution in [-0.2, 0) is 9.59 Å². The van der Waals surface area contributed by atoms with Gasteiger partial charge >= 0.3 is 0 Å². The molecule has 0 bridgehead atoms. The Morgan fingerprint density at radius 3 is 2.62 bits per heavy atom. The summed E-state index contributed by atoms with van der Waals surface area (Å²) in [6, 6.07) is -0.188. The van der Waals surface area contributed by atoms with Gasteiger partial charge in [-0.2, -0.15) is 0 Å². The van der Waals surface area contributed by atoms with Crippen LogP contribution < -0.4 is 11.1 Å². The van der Waals surface area contributed by atoms with Gasteiger partial charge in [0.1, 0.15) is 6.04 Å². The molecule has 0 saturated carbocycles. The zero-order valence-corrected chi connectivity index (χ0v) is 13.7. The fraction of sp³-hybridized carbons (Fsp3) is 0.875. The molecule has 0 aromatic heterocycles. The van der Waals surface area contributed by atoms with Crippen LogP contribution in [0.15, 0.2) is 0 Å². The van der Waals surface area contributed by atoms with E-state index in [1.54, 1.807) is 4.90 Å². The fourth-order valence-corrected chi connectivity index (χ4v) is 2.68. The van der Waals surface area contributed by atoms with Gasteiger partial charge in [-0.1, -0.05) is 20.3 Å². The van der Waals surface area contributed by atoms with Crippen molar-refractivity contribution in [3.05, 3.63) is 0 Å². The Morgan fingerprint density at radius 1 is 1.29 bits per heavy atom. The number of amides is 2. The van der Waals surface area contributed by atoms with Crippen molar-refractivity contribution in [1.82, 2.24) is 10.2 Å². The summed E-state index contributed by atoms with van der Waals surface area (Å²) in [5.74, 6) is 0.722. The second kappa shape index (κ2) is 9.03. The van der Waals surface area contributed by atoms with Crippen LogP contribution >= 0.6 is 0 Å². The molecule has 0 radical (unpaired) electrons. The molecule has 1 aliphatic heterocycles. The highest BCUT2D eigenvalue weighted by Gasteiger charge is 2.33. The van der Waals surface area contributed by atoms with Crippen LogP contribution in [0.3, 0.4) is 0 Å². The van der Waals surface area contributed by atoms with E-state index in [1.807, 2.05) is 6.92 Å². The molecule has 0 spiro atoms. The highest BCUT2D eigenvalue weighted by atomic mass is 16.2. The molecule has 0 aliphatic carbocycles. The Balaban J connectivity index is 2.39. The Hall–Kier alpha value is -1.10. The largest absolute Gasteiger partial charge is 0.354 e. The first kappa shape index (κ1) is 18.0. The number of carbonyl (C=O) groups excluding carboxylic acids is 2. The normalized spacial score (nSPS) is 19.9. The van der Waals surface area contributed by atoms with Gasteiger partial charge in [0.15, 0.2) is 0 Å². The van der Waals surface area contributed by atoms with Crippen LogP contribution in [0.1, 0.15) is 59.3 Å². The van der Waals surface area contributed by atoms with Crippen molar-refractivity contribution in [2.75, 3.05) is 13.1 Å². The molecule has 2 unspecified atom stereocenters. The molecule has 122 valence electrons. The van der Waals surface area contributed by atoms with Crippen molar-refractivity contribution >= 4 is 11.8 Å². The smallest absolute Gasteiger partial charge is 0.242 e. The number of nitrogens with one attached hydrogen (secondary N) is 1. The van der Waals surface area contributed by atoms with Crippen molar-refractivity contribution < 1.29 is 9.59 Å². The molecule has 21 heavy (non-hydrogen) atoms. The lowest BCUT2D eigenvalue weighted by Gasteiger charge is -2.24. The number of hydrogen-bond donors (Lipinski definition) is 2. The van der Waals surface area contributed by atoms with Crippen LogP contribution in [0, 0.1) is 5.92 Å². The molecule has 0 aromatic rings. The molecule has 3 N–H and O–H groups in total. The van der Waals surface area contributed by atoms with Gasteiger partial charge < -0.3 is 16.0 Å². The van der Waals surface area contributed by atoms with E-state index in [1.165, 1.54) is 0 Å². The minimum absolute atomic E-state index is 0.0228. The van der Waals surface area contributed by atoms with E-state index in [-0.39, 0.29) is 23.9 Å². The zero-order valence-electron chi connectivity index (χ0n) is 13.7. The van der Waals surface area contributed by atoms with E-state index in [0.29, 0.717) is 25.4 Å². The van der Waals surface area contributed by atoms with Gasteiger partial charge in [0.25, 0.3) is 0 Å². The van der Waals surface area contributed by atoms with E-state index in [4.69, 9.17) is 5.73 Å². The second-order valence-electron chi connectivity index (χ2n) is 6.59. The number of likely N-dealkylation sites (tertiary alicyclic amines) is 1. The molecule has 1 rings (SSSR count). The summed E-state index contributed by atoms with van der Waals surface area (Å²) in [6.45, 7) is 7.55. The first-order valence-electron chi connectivity index (χ1n) is 8.24. The lowest BCUT2D eigenvalue weighted by Crippen LogP contribution is -2.46. The van der Waals surface area contributed by atoms with Gasteiger partial charge in [0.2, 0.25) is 11.8 Å². The molecule has 1 heterocycles. The molecule has 1 saturated heterocycles. The number of nitrogens with zero attached hydrogens (tertiary/aromatic N) is 1. The number of hydrogen-bond acceptors (Lipinski definition) is 3. The molecular formula is C16H31N3O2. The molecule has 2 atom stereocenters. The van der Waals surface area contributed by atoms with Crippen molar-refractivity contribution in [3.63, 3.8) is 0 Å². The molecule has 0 aromatic carbocycles. The molecule has 1 aliphatic rings. The maximum atomic E-state index is 12.2. The summed E-state index contributed by atoms with van der Waals surface area (Å²) in [5, 5.41) is 2.90. The first-order valence-corrected chi connectivity index (χ1v) is 8.24. The molecule has 1 fully saturated rings.